The minimum absolute atomic E-state index is 0.0198. The molecule has 184 valence electrons. The van der Waals surface area contributed by atoms with Crippen LogP contribution < -0.4 is 10.3 Å². The predicted molar refractivity (Wildman–Crippen MR) is 142 cm³/mol. The zero-order valence-electron chi connectivity index (χ0n) is 19.7. The third-order valence-electron chi connectivity index (χ3n) is 5.46. The highest BCUT2D eigenvalue weighted by molar-refractivity contribution is 8.26. The highest BCUT2D eigenvalue weighted by Gasteiger charge is 2.35. The van der Waals surface area contributed by atoms with Crippen molar-refractivity contribution in [3.05, 3.63) is 62.5 Å². The molecule has 2 aliphatic rings. The number of fused-ring (bicyclic) bond motifs is 2. The van der Waals surface area contributed by atoms with E-state index < -0.39 is 5.91 Å². The zero-order valence-corrected chi connectivity index (χ0v) is 21.4. The maximum atomic E-state index is 12.6. The molecule has 1 amide bonds. The van der Waals surface area contributed by atoms with Crippen molar-refractivity contribution in [3.63, 3.8) is 0 Å². The van der Waals surface area contributed by atoms with E-state index in [1.165, 1.54) is 38.7 Å². The standard InChI is InChI=1S/C24H23N7O3S2/c1-3-5-6-19-29-31-21(25)17(22(33)27-24(31)36-19)11-14-7-9-16(10-8-14)34-13-15-12-20(32)30-23(26-15)35-18(4-2)28-30/h7-12,25H,3-6,13H2,1-2H3/b17-11+,25-21?. The molecule has 12 heteroatoms. The lowest BCUT2D eigenvalue weighted by Gasteiger charge is -2.20. The molecule has 5 rings (SSSR count). The number of hydrogen-bond donors (Lipinski definition) is 1. The number of aliphatic imine (C=N–C) groups is 1. The number of rotatable bonds is 8. The number of carbonyl (C=O) groups is 1. The summed E-state index contributed by atoms with van der Waals surface area (Å²) in [5, 5.41) is 20.8. The number of aryl methyl sites for hydroxylation is 1. The Bertz CT molecular complexity index is 1500. The monoisotopic (exact) mass is 521 g/mol. The van der Waals surface area contributed by atoms with Crippen molar-refractivity contribution in [2.45, 2.75) is 46.1 Å². The Balaban J connectivity index is 1.27. The Morgan fingerprint density at radius 3 is 2.72 bits per heavy atom. The number of thioether (sulfide) groups is 1. The van der Waals surface area contributed by atoms with Crippen LogP contribution >= 0.6 is 23.1 Å². The molecule has 10 nitrogen and oxygen atoms in total. The van der Waals surface area contributed by atoms with Gasteiger partial charge in [-0.25, -0.2) is 4.98 Å². The van der Waals surface area contributed by atoms with Crippen LogP contribution in [0.3, 0.4) is 0 Å². The minimum atomic E-state index is -0.451. The predicted octanol–water partition coefficient (Wildman–Crippen LogP) is 4.10. The quantitative estimate of drug-likeness (QED) is 0.442. The zero-order chi connectivity index (χ0) is 25.2. The molecule has 0 saturated carbocycles. The lowest BCUT2D eigenvalue weighted by molar-refractivity contribution is -0.114. The van der Waals surface area contributed by atoms with Gasteiger partial charge in [0.15, 0.2) is 5.84 Å². The number of benzene rings is 1. The van der Waals surface area contributed by atoms with E-state index in [0.29, 0.717) is 21.6 Å². The number of unbranched alkanes of at least 4 members (excludes halogenated alkanes) is 1. The van der Waals surface area contributed by atoms with Crippen LogP contribution in [0.5, 0.6) is 5.75 Å². The van der Waals surface area contributed by atoms with E-state index in [2.05, 4.69) is 27.1 Å². The number of amidine groups is 2. The lowest BCUT2D eigenvalue weighted by atomic mass is 10.1. The average Bonchev–Trinajstić information content (AvgIpc) is 3.49. The summed E-state index contributed by atoms with van der Waals surface area (Å²) in [4.78, 5) is 34.0. The maximum Gasteiger partial charge on any atom is 0.283 e. The van der Waals surface area contributed by atoms with E-state index in [4.69, 9.17) is 10.1 Å². The Morgan fingerprint density at radius 2 is 1.97 bits per heavy atom. The van der Waals surface area contributed by atoms with Gasteiger partial charge in [0.05, 0.1) is 11.3 Å². The fourth-order valence-corrected chi connectivity index (χ4v) is 5.34. The summed E-state index contributed by atoms with van der Waals surface area (Å²) in [7, 11) is 0. The van der Waals surface area contributed by atoms with Crippen LogP contribution in [0.4, 0.5) is 0 Å². The lowest BCUT2D eigenvalue weighted by Crippen LogP contribution is -2.35. The number of aromatic nitrogens is 3. The summed E-state index contributed by atoms with van der Waals surface area (Å²) in [6, 6.07) is 8.53. The SMILES string of the molecule is CCCCC1=NN2C(=N)/C(=C\c3ccc(OCc4cc(=O)n5nc(CC)sc5n4)cc3)C(=O)N=C2S1. The summed E-state index contributed by atoms with van der Waals surface area (Å²) >= 11 is 2.74. The third-order valence-corrected chi connectivity index (χ3v) is 7.48. The highest BCUT2D eigenvalue weighted by atomic mass is 32.2. The first-order valence-corrected chi connectivity index (χ1v) is 13.2. The van der Waals surface area contributed by atoms with Crippen molar-refractivity contribution in [1.29, 1.82) is 5.41 Å². The molecule has 2 aliphatic heterocycles. The molecule has 36 heavy (non-hydrogen) atoms. The number of ether oxygens (including phenoxy) is 1. The second kappa shape index (κ2) is 10.2. The van der Waals surface area contributed by atoms with Crippen LogP contribution in [0.15, 0.2) is 50.8 Å². The van der Waals surface area contributed by atoms with Gasteiger partial charge in [0.2, 0.25) is 10.1 Å². The van der Waals surface area contributed by atoms with Crippen LogP contribution in [0.25, 0.3) is 11.0 Å². The third kappa shape index (κ3) is 4.86. The van der Waals surface area contributed by atoms with Crippen LogP contribution in [0.1, 0.15) is 49.4 Å². The number of hydrogen-bond acceptors (Lipinski definition) is 9. The normalized spacial score (nSPS) is 16.5. The first-order chi connectivity index (χ1) is 17.4. The smallest absolute Gasteiger partial charge is 0.283 e. The van der Waals surface area contributed by atoms with Gasteiger partial charge in [0.25, 0.3) is 11.5 Å². The van der Waals surface area contributed by atoms with Crippen LogP contribution in [-0.2, 0) is 17.8 Å². The molecule has 0 bridgehead atoms. The molecule has 0 saturated heterocycles. The van der Waals surface area contributed by atoms with Crippen molar-refractivity contribution in [3.8, 4) is 5.75 Å². The molecule has 1 aromatic carbocycles. The molecule has 3 aromatic rings. The maximum absolute atomic E-state index is 12.6. The minimum Gasteiger partial charge on any atom is -0.487 e. The molecule has 4 heterocycles. The summed E-state index contributed by atoms with van der Waals surface area (Å²) in [6.45, 7) is 4.22. The topological polar surface area (TPSA) is 125 Å². The Labute approximate surface area is 214 Å². The van der Waals surface area contributed by atoms with E-state index in [1.807, 2.05) is 6.92 Å². The molecule has 0 fully saturated rings. The van der Waals surface area contributed by atoms with Gasteiger partial charge in [-0.05, 0) is 54.8 Å². The Hall–Kier alpha value is -3.64. The van der Waals surface area contributed by atoms with Crippen molar-refractivity contribution in [2.75, 3.05) is 0 Å². The van der Waals surface area contributed by atoms with Crippen molar-refractivity contribution in [2.24, 2.45) is 10.1 Å². The Morgan fingerprint density at radius 1 is 1.17 bits per heavy atom. The summed E-state index contributed by atoms with van der Waals surface area (Å²) in [5.74, 6) is 0.156. The summed E-state index contributed by atoms with van der Waals surface area (Å²) in [5.41, 5.74) is 1.20. The second-order valence-corrected chi connectivity index (χ2v) is 10.2. The average molecular weight is 522 g/mol. The number of amides is 1. The number of nitrogens with one attached hydrogen (secondary N) is 1. The molecule has 2 aromatic heterocycles. The van der Waals surface area contributed by atoms with Gasteiger partial charge in [-0.2, -0.15) is 24.7 Å². The van der Waals surface area contributed by atoms with Gasteiger partial charge in [-0.1, -0.05) is 43.7 Å². The van der Waals surface area contributed by atoms with Gasteiger partial charge >= 0.3 is 0 Å². The fourth-order valence-electron chi connectivity index (χ4n) is 3.56. The second-order valence-electron chi connectivity index (χ2n) is 8.10. The van der Waals surface area contributed by atoms with Gasteiger partial charge < -0.3 is 4.74 Å². The van der Waals surface area contributed by atoms with E-state index >= 15 is 0 Å². The molecule has 0 atom stereocenters. The molecule has 0 spiro atoms. The fraction of sp³-hybridized carbons (Fsp3) is 0.292. The highest BCUT2D eigenvalue weighted by Crippen LogP contribution is 2.30. The van der Waals surface area contributed by atoms with Gasteiger partial charge in [-0.15, -0.1) is 0 Å². The molecule has 1 N–H and O–H groups in total. The first kappa shape index (κ1) is 24.1. The number of hydrazone groups is 1. The van der Waals surface area contributed by atoms with Crippen molar-refractivity contribution >= 4 is 56.1 Å². The van der Waals surface area contributed by atoms with Gasteiger partial charge in [0.1, 0.15) is 22.4 Å². The van der Waals surface area contributed by atoms with Crippen LogP contribution in [-0.4, -0.2) is 41.6 Å². The van der Waals surface area contributed by atoms with E-state index in [9.17, 15) is 9.59 Å². The van der Waals surface area contributed by atoms with E-state index in [-0.39, 0.29) is 23.6 Å². The van der Waals surface area contributed by atoms with E-state index in [1.54, 1.807) is 30.3 Å². The first-order valence-electron chi connectivity index (χ1n) is 11.6. The largest absolute Gasteiger partial charge is 0.487 e. The molecule has 0 unspecified atom stereocenters. The Kier molecular flexibility index (Phi) is 6.79. The van der Waals surface area contributed by atoms with Crippen LogP contribution in [0.2, 0.25) is 0 Å². The van der Waals surface area contributed by atoms with Gasteiger partial charge in [0, 0.05) is 6.07 Å². The van der Waals surface area contributed by atoms with Crippen LogP contribution in [0, 0.1) is 5.41 Å². The molecule has 0 radical (unpaired) electrons. The number of nitrogens with zero attached hydrogens (tertiary/aromatic N) is 6. The molecular weight excluding hydrogens is 498 g/mol. The molecule has 0 aliphatic carbocycles. The summed E-state index contributed by atoms with van der Waals surface area (Å²) < 4.78 is 7.12. The number of carbonyl (C=O) groups excluding carboxylic acids is 1. The van der Waals surface area contributed by atoms with E-state index in [0.717, 1.165) is 41.3 Å². The van der Waals surface area contributed by atoms with Gasteiger partial charge in [-0.3, -0.25) is 15.0 Å². The van der Waals surface area contributed by atoms with Crippen molar-refractivity contribution < 1.29 is 9.53 Å². The summed E-state index contributed by atoms with van der Waals surface area (Å²) in [6.07, 6.45) is 5.22. The molecular formula is C24H23N7O3S2. The van der Waals surface area contributed by atoms with Crippen molar-refractivity contribution in [1.82, 2.24) is 19.6 Å².